The van der Waals surface area contributed by atoms with Crippen LogP contribution >= 0.6 is 0 Å². The van der Waals surface area contributed by atoms with Crippen LogP contribution in [-0.2, 0) is 4.79 Å². The number of rotatable bonds is 9. The second-order valence-electron chi connectivity index (χ2n) is 5.13. The highest BCUT2D eigenvalue weighted by molar-refractivity contribution is 5.68. The molecule has 0 saturated carbocycles. The van der Waals surface area contributed by atoms with Crippen LogP contribution in [0.3, 0.4) is 0 Å². The van der Waals surface area contributed by atoms with Gasteiger partial charge in [0.15, 0.2) is 0 Å². The molecule has 16 heavy (non-hydrogen) atoms. The van der Waals surface area contributed by atoms with E-state index in [-0.39, 0.29) is 12.0 Å². The third kappa shape index (κ3) is 6.11. The fourth-order valence-corrected chi connectivity index (χ4v) is 1.91. The zero-order chi connectivity index (χ0) is 12.6. The molecular weight excluding hydrogens is 202 g/mol. The zero-order valence-electron chi connectivity index (χ0n) is 11.3. The highest BCUT2D eigenvalue weighted by Crippen LogP contribution is 2.24. The van der Waals surface area contributed by atoms with Crippen molar-refractivity contribution in [2.75, 3.05) is 14.1 Å². The van der Waals surface area contributed by atoms with Crippen molar-refractivity contribution in [3.8, 4) is 0 Å². The number of hydrogen-bond donors (Lipinski definition) is 1. The Morgan fingerprint density at radius 1 is 1.19 bits per heavy atom. The van der Waals surface area contributed by atoms with Crippen molar-refractivity contribution in [3.05, 3.63) is 0 Å². The topological polar surface area (TPSA) is 40.5 Å². The molecule has 0 aromatic carbocycles. The monoisotopic (exact) mass is 229 g/mol. The van der Waals surface area contributed by atoms with Crippen molar-refractivity contribution in [2.24, 2.45) is 0 Å². The largest absolute Gasteiger partial charge is 0.481 e. The lowest BCUT2D eigenvalue weighted by Crippen LogP contribution is -2.43. The molecule has 0 saturated heterocycles. The summed E-state index contributed by atoms with van der Waals surface area (Å²) in [6.07, 6.45) is 7.35. The molecule has 0 rings (SSSR count). The molecule has 0 bridgehead atoms. The molecule has 96 valence electrons. The molecule has 0 radical (unpaired) electrons. The Morgan fingerprint density at radius 2 is 1.75 bits per heavy atom. The fourth-order valence-electron chi connectivity index (χ4n) is 1.91. The molecule has 0 aliphatic rings. The van der Waals surface area contributed by atoms with Gasteiger partial charge in [0.2, 0.25) is 0 Å². The van der Waals surface area contributed by atoms with Crippen molar-refractivity contribution in [3.63, 3.8) is 0 Å². The number of unbranched alkanes of at least 4 members (excludes halogenated alkanes) is 4. The lowest BCUT2D eigenvalue weighted by atomic mass is 9.89. The molecule has 0 aliphatic heterocycles. The molecule has 3 nitrogen and oxygen atoms in total. The summed E-state index contributed by atoms with van der Waals surface area (Å²) >= 11 is 0. The minimum atomic E-state index is -0.704. The Hall–Kier alpha value is -0.570. The molecule has 0 aromatic rings. The standard InChI is InChI=1S/C13H27NO2/c1-5-6-7-8-9-10-13(2,14(3)4)11-12(15)16/h5-11H2,1-4H3,(H,15,16). The normalized spacial score (nSPS) is 15.1. The molecule has 0 amide bonds. The van der Waals surface area contributed by atoms with Crippen LogP contribution < -0.4 is 0 Å². The van der Waals surface area contributed by atoms with E-state index in [0.717, 1.165) is 12.8 Å². The van der Waals surface area contributed by atoms with Gasteiger partial charge in [-0.1, -0.05) is 39.0 Å². The van der Waals surface area contributed by atoms with Crippen molar-refractivity contribution < 1.29 is 9.90 Å². The number of carboxylic acid groups (broad SMARTS) is 1. The average Bonchev–Trinajstić information content (AvgIpc) is 2.16. The quantitative estimate of drug-likeness (QED) is 0.617. The third-order valence-electron chi connectivity index (χ3n) is 3.43. The second kappa shape index (κ2) is 7.66. The molecule has 1 N–H and O–H groups in total. The molecule has 0 spiro atoms. The Bertz CT molecular complexity index is 204. The average molecular weight is 229 g/mol. The number of nitrogens with zero attached hydrogens (tertiary/aromatic N) is 1. The summed E-state index contributed by atoms with van der Waals surface area (Å²) in [4.78, 5) is 12.9. The van der Waals surface area contributed by atoms with E-state index >= 15 is 0 Å². The van der Waals surface area contributed by atoms with Gasteiger partial charge in [0, 0.05) is 5.54 Å². The summed E-state index contributed by atoms with van der Waals surface area (Å²) < 4.78 is 0. The molecule has 1 unspecified atom stereocenters. The first kappa shape index (κ1) is 15.4. The van der Waals surface area contributed by atoms with Gasteiger partial charge in [-0.25, -0.2) is 0 Å². The lowest BCUT2D eigenvalue weighted by molar-refractivity contribution is -0.139. The number of hydrogen-bond acceptors (Lipinski definition) is 2. The van der Waals surface area contributed by atoms with Crippen molar-refractivity contribution in [2.45, 2.75) is 64.3 Å². The lowest BCUT2D eigenvalue weighted by Gasteiger charge is -2.35. The highest BCUT2D eigenvalue weighted by atomic mass is 16.4. The SMILES string of the molecule is CCCCCCCC(C)(CC(=O)O)N(C)C. The molecule has 0 aromatic heterocycles. The van der Waals surface area contributed by atoms with Crippen LogP contribution in [0.15, 0.2) is 0 Å². The van der Waals surface area contributed by atoms with E-state index in [2.05, 4.69) is 6.92 Å². The smallest absolute Gasteiger partial charge is 0.305 e. The summed E-state index contributed by atoms with van der Waals surface area (Å²) in [5.74, 6) is -0.704. The maximum atomic E-state index is 10.8. The maximum Gasteiger partial charge on any atom is 0.305 e. The Kier molecular flexibility index (Phi) is 7.39. The van der Waals surface area contributed by atoms with E-state index in [1.807, 2.05) is 25.9 Å². The van der Waals surface area contributed by atoms with Gasteiger partial charge in [0.05, 0.1) is 6.42 Å². The second-order valence-corrected chi connectivity index (χ2v) is 5.13. The molecule has 0 fully saturated rings. The first-order chi connectivity index (χ1) is 7.42. The van der Waals surface area contributed by atoms with E-state index in [1.54, 1.807) is 0 Å². The van der Waals surface area contributed by atoms with E-state index in [9.17, 15) is 4.79 Å². The number of aliphatic carboxylic acids is 1. The van der Waals surface area contributed by atoms with Gasteiger partial charge in [-0.3, -0.25) is 4.79 Å². The van der Waals surface area contributed by atoms with Gasteiger partial charge in [-0.05, 0) is 27.4 Å². The summed E-state index contributed by atoms with van der Waals surface area (Å²) in [5.41, 5.74) is -0.196. The number of carbonyl (C=O) groups is 1. The van der Waals surface area contributed by atoms with Gasteiger partial charge in [0.25, 0.3) is 0 Å². The molecule has 0 heterocycles. The van der Waals surface area contributed by atoms with E-state index in [0.29, 0.717) is 0 Å². The van der Waals surface area contributed by atoms with Crippen LogP contribution in [0.4, 0.5) is 0 Å². The molecule has 1 atom stereocenters. The summed E-state index contributed by atoms with van der Waals surface area (Å²) in [7, 11) is 3.93. The molecule has 0 aliphatic carbocycles. The maximum absolute atomic E-state index is 10.8. The first-order valence-electron chi connectivity index (χ1n) is 6.31. The predicted molar refractivity (Wildman–Crippen MR) is 67.7 cm³/mol. The van der Waals surface area contributed by atoms with Crippen molar-refractivity contribution in [1.82, 2.24) is 4.90 Å². The van der Waals surface area contributed by atoms with E-state index < -0.39 is 5.97 Å². The summed E-state index contributed by atoms with van der Waals surface area (Å²) in [6.45, 7) is 4.25. The van der Waals surface area contributed by atoms with Crippen LogP contribution in [0, 0.1) is 0 Å². The van der Waals surface area contributed by atoms with E-state index in [1.165, 1.54) is 25.7 Å². The Morgan fingerprint density at radius 3 is 2.19 bits per heavy atom. The van der Waals surface area contributed by atoms with Gasteiger partial charge in [-0.15, -0.1) is 0 Å². The first-order valence-corrected chi connectivity index (χ1v) is 6.31. The minimum Gasteiger partial charge on any atom is -0.481 e. The fraction of sp³-hybridized carbons (Fsp3) is 0.923. The van der Waals surface area contributed by atoms with Gasteiger partial charge >= 0.3 is 5.97 Å². The molecule has 3 heteroatoms. The summed E-state index contributed by atoms with van der Waals surface area (Å²) in [5, 5.41) is 8.91. The number of carboxylic acids is 1. The van der Waals surface area contributed by atoms with Crippen LogP contribution in [0.1, 0.15) is 58.8 Å². The Balaban J connectivity index is 3.98. The van der Waals surface area contributed by atoms with Crippen LogP contribution in [0.25, 0.3) is 0 Å². The molecular formula is C13H27NO2. The van der Waals surface area contributed by atoms with Gasteiger partial charge < -0.3 is 10.0 Å². The van der Waals surface area contributed by atoms with Crippen LogP contribution in [0.2, 0.25) is 0 Å². The van der Waals surface area contributed by atoms with Gasteiger partial charge in [0.1, 0.15) is 0 Å². The third-order valence-corrected chi connectivity index (χ3v) is 3.43. The van der Waals surface area contributed by atoms with Crippen molar-refractivity contribution in [1.29, 1.82) is 0 Å². The zero-order valence-corrected chi connectivity index (χ0v) is 11.3. The van der Waals surface area contributed by atoms with Crippen molar-refractivity contribution >= 4 is 5.97 Å². The predicted octanol–water partition coefficient (Wildman–Crippen LogP) is 3.14. The minimum absolute atomic E-state index is 0.196. The summed E-state index contributed by atoms with van der Waals surface area (Å²) in [6, 6.07) is 0. The van der Waals surface area contributed by atoms with E-state index in [4.69, 9.17) is 5.11 Å². The van der Waals surface area contributed by atoms with Crippen LogP contribution in [0.5, 0.6) is 0 Å². The van der Waals surface area contributed by atoms with Gasteiger partial charge in [-0.2, -0.15) is 0 Å². The van der Waals surface area contributed by atoms with Crippen LogP contribution in [-0.4, -0.2) is 35.6 Å². The highest BCUT2D eigenvalue weighted by Gasteiger charge is 2.29. The Labute approximate surface area is 99.8 Å².